The molecule has 6 amide bonds. The minimum atomic E-state index is -0.601. The maximum absolute atomic E-state index is 12.6. The van der Waals surface area contributed by atoms with Crippen LogP contribution in [-0.2, 0) is 28.7 Å². The molecular formula is C104H91ClN12O16S. The molecule has 1 unspecified atom stereocenters. The Bertz CT molecular complexity index is 6980. The Morgan fingerprint density at radius 1 is 0.642 bits per heavy atom. The zero-order valence-electron chi connectivity index (χ0n) is 74.8. The normalized spacial score (nSPS) is 13.8. The van der Waals surface area contributed by atoms with E-state index in [-0.39, 0.29) is 34.6 Å². The molecular weight excluding hydrogens is 1740 g/mol. The number of hydrogen-bond acceptors (Lipinski definition) is 22. The van der Waals surface area contributed by atoms with E-state index in [4.69, 9.17) is 34.6 Å². The van der Waals surface area contributed by atoms with Gasteiger partial charge in [0, 0.05) is 129 Å². The van der Waals surface area contributed by atoms with Crippen molar-refractivity contribution < 1.29 is 66.3 Å². The summed E-state index contributed by atoms with van der Waals surface area (Å²) >= 11 is 7.70. The number of nitrogens with zero attached hydrogens (tertiary/aromatic N) is 9. The Morgan fingerprint density at radius 2 is 1.31 bits per heavy atom. The number of benzene rings is 11. The standard InChI is InChI=1S/C21H23N3O2.C20H14N2O5.C19H13ClN2O2S.C17H19NO3.C16H14N2O.C11H9N2O3/c1-4-24(5-2)19-12-11-16(20(14-19)26-3)13-17(15-22)21(25)23-18-9-7-6-8-10-18;1-26-19-10-14-12-6-3-5-9-17(12)27-18(14)11-15(19)21-20(23)13-7-2-4-8-16(13)22(24)25;1-11-4-7-15-16(9-11)24-19(22-15)13-10-12(5-6-14(13)20)21-18(23)17-3-2-8-25-17;1-5-18-12(3)15(17(20)21-4)14(16(18)19)10-13-8-6-11(2)7-9-13;1-17-15-12-9-5-6-10-13(12)16(18-19)14(15)11-7-3-2-4-8-11;1-12(16)8-3-2-4-9(7-8)13-10(14)5-6-11(13)15/h6-14H,4-5H2,1-3H3,(H,23,25);2-11H,1H3,(H,21,23);2-10H,1H3,(H,21,23);6-10H,5H2,1-4H3;2-10,14,19H,1H3;2-7H,1H3/q;;;;;+1/p-1/b17-13+;;;14-10-;17-15?,18-16-;. The Morgan fingerprint density at radius 3 is 1.95 bits per heavy atom. The molecule has 676 valence electrons. The maximum atomic E-state index is 12.6. The first-order valence-electron chi connectivity index (χ1n) is 42.0. The molecule has 11 aromatic carbocycles. The summed E-state index contributed by atoms with van der Waals surface area (Å²) in [5.41, 5.74) is 16.2. The van der Waals surface area contributed by atoms with Gasteiger partial charge in [-0.3, -0.25) is 43.9 Å². The lowest BCUT2D eigenvalue weighted by molar-refractivity contribution is -0.428. The topological polar surface area (TPSA) is 367 Å². The third-order valence-electron chi connectivity index (χ3n) is 21.4. The van der Waals surface area contributed by atoms with Crippen LogP contribution in [0.25, 0.3) is 56.6 Å². The second kappa shape index (κ2) is 44.9. The quantitative estimate of drug-likeness (QED) is 0.0121. The van der Waals surface area contributed by atoms with Crippen LogP contribution in [0.1, 0.15) is 92.6 Å². The third kappa shape index (κ3) is 22.7. The Balaban J connectivity index is 0.000000146. The number of fused-ring (bicyclic) bond motifs is 5. The summed E-state index contributed by atoms with van der Waals surface area (Å²) in [5, 5.41) is 47.5. The molecule has 134 heavy (non-hydrogen) atoms. The van der Waals surface area contributed by atoms with Gasteiger partial charge in [0.25, 0.3) is 46.8 Å². The number of ether oxygens (including phenoxy) is 3. The first kappa shape index (κ1) is 96.2. The van der Waals surface area contributed by atoms with Crippen molar-refractivity contribution in [3.05, 3.63) is 375 Å². The van der Waals surface area contributed by atoms with E-state index in [1.807, 2.05) is 196 Å². The fraction of sp³-hybridized carbons (Fsp3) is 0.144. The highest BCUT2D eigenvalue weighted by molar-refractivity contribution is 7.12. The lowest BCUT2D eigenvalue weighted by Gasteiger charge is -2.22. The summed E-state index contributed by atoms with van der Waals surface area (Å²) in [6.45, 7) is 14.1. The number of rotatable bonds is 20. The van der Waals surface area contributed by atoms with E-state index in [1.165, 1.54) is 69.0 Å². The number of anilines is 5. The highest BCUT2D eigenvalue weighted by atomic mass is 35.5. The third-order valence-corrected chi connectivity index (χ3v) is 22.6. The monoisotopic (exact) mass is 1830 g/mol. The SMILES string of the molecule is CCN(CC)c1ccc(/C=C(\C#N)C(=O)Nc2ccccc2)c(OC)c1.CCN1C(=O)/C(=C\c2ccc(C)cc2)C(C(=O)OC)=C1C.CN=C1c2ccccc2/C(=N/[O-])C1c1ccccc1.COc1cc2c(cc1NC(=O)c1ccccc1[N+](=O)[O-])oc1ccccc12.C[N+](=O)c1cccc(N2C(=O)C=CC2=O)c1.Cc1ccc2nc(-c3cc(NC(=O)c4cccs4)ccc3Cl)oc2c1. The summed E-state index contributed by atoms with van der Waals surface area (Å²) in [6, 6.07) is 80.0. The number of oxazole rings is 1. The molecule has 1 atom stereocenters. The van der Waals surface area contributed by atoms with Gasteiger partial charge in [-0.25, -0.2) is 14.7 Å². The van der Waals surface area contributed by atoms with E-state index in [2.05, 4.69) is 49.8 Å². The van der Waals surface area contributed by atoms with Crippen molar-refractivity contribution in [2.24, 2.45) is 10.1 Å². The Labute approximate surface area is 780 Å². The number of methoxy groups -OCH3 is 3. The van der Waals surface area contributed by atoms with E-state index in [1.54, 1.807) is 111 Å². The van der Waals surface area contributed by atoms with Crippen molar-refractivity contribution in [1.29, 1.82) is 5.26 Å². The molecule has 0 spiro atoms. The molecule has 0 fully saturated rings. The van der Waals surface area contributed by atoms with Crippen molar-refractivity contribution >= 4 is 161 Å². The van der Waals surface area contributed by atoms with Gasteiger partial charge in [0.2, 0.25) is 5.89 Å². The lowest BCUT2D eigenvalue weighted by atomic mass is 9.93. The van der Waals surface area contributed by atoms with Crippen LogP contribution in [0.4, 0.5) is 39.8 Å². The summed E-state index contributed by atoms with van der Waals surface area (Å²) in [4.78, 5) is 120. The van der Waals surface area contributed by atoms with Gasteiger partial charge in [-0.2, -0.15) is 5.26 Å². The van der Waals surface area contributed by atoms with Crippen LogP contribution in [0.15, 0.2) is 320 Å². The number of esters is 1. The van der Waals surface area contributed by atoms with Crippen molar-refractivity contribution in [3.8, 4) is 29.0 Å². The predicted molar refractivity (Wildman–Crippen MR) is 525 cm³/mol. The first-order valence-corrected chi connectivity index (χ1v) is 43.3. The van der Waals surface area contributed by atoms with Gasteiger partial charge in [-0.05, 0) is 161 Å². The van der Waals surface area contributed by atoms with Gasteiger partial charge in [0.15, 0.2) is 12.6 Å². The molecule has 17 rings (SSSR count). The molecule has 3 aromatic heterocycles. The highest BCUT2D eigenvalue weighted by Gasteiger charge is 2.37. The van der Waals surface area contributed by atoms with E-state index >= 15 is 0 Å². The van der Waals surface area contributed by atoms with Gasteiger partial charge in [0.1, 0.15) is 45.4 Å². The number of nitro benzene ring substituents is 1. The lowest BCUT2D eigenvalue weighted by Crippen LogP contribution is -2.29. The molecule has 1 aliphatic carbocycles. The molecule has 30 heteroatoms. The van der Waals surface area contributed by atoms with Gasteiger partial charge in [-0.1, -0.05) is 163 Å². The second-order valence-electron chi connectivity index (χ2n) is 29.9. The van der Waals surface area contributed by atoms with Crippen molar-refractivity contribution in [1.82, 2.24) is 9.88 Å². The zero-order chi connectivity index (χ0) is 95.8. The number of thiophene rings is 1. The van der Waals surface area contributed by atoms with E-state index < -0.39 is 34.5 Å². The number of nitroso groups, excluding NO2 is 1. The molecule has 2 aliphatic heterocycles. The highest BCUT2D eigenvalue weighted by Crippen LogP contribution is 2.40. The van der Waals surface area contributed by atoms with E-state index in [0.717, 1.165) is 84.6 Å². The Hall–Kier alpha value is -16.8. The number of para-hydroxylation sites is 3. The van der Waals surface area contributed by atoms with Crippen LogP contribution in [0, 0.1) is 45.4 Å². The largest absolute Gasteiger partial charge is 0.792 e. The number of nitrogens with one attached hydrogen (secondary N) is 3. The number of carbonyl (C=O) groups excluding carboxylic acids is 7. The van der Waals surface area contributed by atoms with Crippen molar-refractivity contribution in [2.45, 2.75) is 47.5 Å². The number of nitro groups is 1. The average Bonchev–Trinajstić information content (AvgIpc) is 1.61. The Kier molecular flexibility index (Phi) is 32.3. The average molecular weight is 1830 g/mol. The number of allylic oxidation sites excluding steroid dienone is 1. The summed E-state index contributed by atoms with van der Waals surface area (Å²) in [6.07, 6.45) is 5.70. The molecule has 0 saturated carbocycles. The molecule has 3 N–H and O–H groups in total. The second-order valence-corrected chi connectivity index (χ2v) is 31.2. The number of halogens is 1. The fourth-order valence-corrected chi connectivity index (χ4v) is 15.6. The first-order chi connectivity index (χ1) is 64.7. The van der Waals surface area contributed by atoms with Crippen LogP contribution < -0.4 is 35.2 Å². The molecule has 3 aliphatic rings. The van der Waals surface area contributed by atoms with E-state index in [9.17, 15) is 59.1 Å². The molecule has 14 aromatic rings. The number of imide groups is 1. The maximum Gasteiger partial charge on any atom is 0.340 e. The van der Waals surface area contributed by atoms with Crippen molar-refractivity contribution in [3.63, 3.8) is 0 Å². The van der Waals surface area contributed by atoms with Crippen LogP contribution >= 0.6 is 22.9 Å². The number of aryl methyl sites for hydroxylation is 2. The number of hydrogen-bond donors (Lipinski definition) is 3. The van der Waals surface area contributed by atoms with Gasteiger partial charge < -0.3 is 59.2 Å². The van der Waals surface area contributed by atoms with Crippen molar-refractivity contribution in [2.75, 3.05) is 80.8 Å². The van der Waals surface area contributed by atoms with Gasteiger partial charge in [-0.15, -0.1) is 11.3 Å². The smallest absolute Gasteiger partial charge is 0.340 e. The van der Waals surface area contributed by atoms with Crippen LogP contribution in [0.2, 0.25) is 5.02 Å². The number of carbonyl (C=O) groups is 7. The fourth-order valence-electron chi connectivity index (χ4n) is 14.8. The molecule has 0 bridgehead atoms. The summed E-state index contributed by atoms with van der Waals surface area (Å²) in [5.74, 6) is -1.30. The minimum Gasteiger partial charge on any atom is -0.792 e. The van der Waals surface area contributed by atoms with Gasteiger partial charge >= 0.3 is 5.97 Å². The minimum absolute atomic E-state index is 0.0164. The molecule has 0 radical (unpaired) electrons. The summed E-state index contributed by atoms with van der Waals surface area (Å²) in [7, 11) is 7.50. The van der Waals surface area contributed by atoms with E-state index in [0.29, 0.717) is 112 Å². The summed E-state index contributed by atoms with van der Waals surface area (Å²) < 4.78 is 28.0. The van der Waals surface area contributed by atoms with Crippen LogP contribution in [0.3, 0.4) is 0 Å². The number of furan rings is 1. The predicted octanol–water partition coefficient (Wildman–Crippen LogP) is 21.6. The molecule has 28 nitrogen and oxygen atoms in total. The number of amides is 6. The van der Waals surface area contributed by atoms with Crippen LogP contribution in [-0.4, -0.2) is 127 Å². The molecule has 0 saturated heterocycles. The number of aliphatic imine (C=N–C) groups is 1. The molecule has 5 heterocycles. The van der Waals surface area contributed by atoms with Gasteiger partial charge in [0.05, 0.1) is 81.6 Å². The number of likely N-dealkylation sites (N-methyl/N-ethyl adjacent to an activating group) is 1. The van der Waals surface area contributed by atoms with Crippen LogP contribution in [0.5, 0.6) is 11.5 Å². The number of nitriles is 1. The zero-order valence-corrected chi connectivity index (χ0v) is 76.3. The number of aromatic nitrogens is 1.